The van der Waals surface area contributed by atoms with Crippen LogP contribution in [0.15, 0.2) is 21.5 Å². The van der Waals surface area contributed by atoms with Gasteiger partial charge in [-0.15, -0.1) is 0 Å². The van der Waals surface area contributed by atoms with Gasteiger partial charge in [-0.25, -0.2) is 13.1 Å². The highest BCUT2D eigenvalue weighted by Gasteiger charge is 2.20. The number of hydrogen-bond acceptors (Lipinski definition) is 3. The first-order valence-electron chi connectivity index (χ1n) is 5.10. The molecule has 0 unspecified atom stereocenters. The lowest BCUT2D eigenvalue weighted by molar-refractivity contribution is -0.137. The molecule has 0 atom stereocenters. The van der Waals surface area contributed by atoms with Crippen LogP contribution in [0.5, 0.6) is 0 Å². The van der Waals surface area contributed by atoms with Crippen molar-refractivity contribution in [2.75, 3.05) is 6.54 Å². The molecule has 0 bridgehead atoms. The fourth-order valence-corrected chi connectivity index (χ4v) is 3.53. The smallest absolute Gasteiger partial charge is 0.303 e. The van der Waals surface area contributed by atoms with Crippen LogP contribution in [0.3, 0.4) is 0 Å². The number of rotatable bonds is 6. The van der Waals surface area contributed by atoms with E-state index in [0.29, 0.717) is 4.47 Å². The second-order valence-electron chi connectivity index (χ2n) is 3.57. The van der Waals surface area contributed by atoms with Crippen LogP contribution in [0.25, 0.3) is 0 Å². The summed E-state index contributed by atoms with van der Waals surface area (Å²) >= 11 is 14.8. The Kier molecular flexibility index (Phi) is 6.07. The first kappa shape index (κ1) is 16.7. The Morgan fingerprint density at radius 2 is 1.95 bits per heavy atom. The average molecular weight is 391 g/mol. The summed E-state index contributed by atoms with van der Waals surface area (Å²) in [5.41, 5.74) is 0. The molecule has 0 aliphatic carbocycles. The van der Waals surface area contributed by atoms with E-state index in [2.05, 4.69) is 20.7 Å². The Labute approximate surface area is 129 Å². The third-order valence-corrected chi connectivity index (χ3v) is 5.54. The number of carboxylic acid groups (broad SMARTS) is 1. The maximum atomic E-state index is 11.9. The molecule has 0 aliphatic rings. The second-order valence-corrected chi connectivity index (χ2v) is 6.91. The predicted molar refractivity (Wildman–Crippen MR) is 76.2 cm³/mol. The zero-order chi connectivity index (χ0) is 14.6. The molecule has 19 heavy (non-hydrogen) atoms. The monoisotopic (exact) mass is 389 g/mol. The number of nitrogens with one attached hydrogen (secondary N) is 1. The molecule has 0 saturated heterocycles. The lowest BCUT2D eigenvalue weighted by Gasteiger charge is -2.09. The van der Waals surface area contributed by atoms with Crippen LogP contribution >= 0.6 is 39.1 Å². The zero-order valence-corrected chi connectivity index (χ0v) is 13.4. The fourth-order valence-electron chi connectivity index (χ4n) is 1.24. The van der Waals surface area contributed by atoms with Gasteiger partial charge in [-0.05, 0) is 34.5 Å². The molecule has 1 aromatic rings. The molecule has 0 aromatic heterocycles. The van der Waals surface area contributed by atoms with Gasteiger partial charge >= 0.3 is 5.97 Å². The molecule has 106 valence electrons. The van der Waals surface area contributed by atoms with Crippen molar-refractivity contribution in [2.45, 2.75) is 17.7 Å². The lowest BCUT2D eigenvalue weighted by atomic mass is 10.3. The molecule has 0 fully saturated rings. The summed E-state index contributed by atoms with van der Waals surface area (Å²) in [6, 6.07) is 2.79. The van der Waals surface area contributed by atoms with Gasteiger partial charge in [0.2, 0.25) is 10.0 Å². The number of halogens is 3. The van der Waals surface area contributed by atoms with Crippen molar-refractivity contribution >= 4 is 55.1 Å². The molecular formula is C10H10BrCl2NO4S. The summed E-state index contributed by atoms with van der Waals surface area (Å²) in [5.74, 6) is -0.982. The standard InChI is InChI=1S/C10H10BrCl2NO4S/c11-6-3-4-7(10(13)9(6)12)19(17,18)14-5-1-2-8(15)16/h3-4,14H,1-2,5H2,(H,15,16). The van der Waals surface area contributed by atoms with Crippen LogP contribution in [-0.4, -0.2) is 26.0 Å². The van der Waals surface area contributed by atoms with E-state index in [1.807, 2.05) is 0 Å². The summed E-state index contributed by atoms with van der Waals surface area (Å²) in [7, 11) is -3.81. The van der Waals surface area contributed by atoms with E-state index in [0.717, 1.165) is 0 Å². The minimum atomic E-state index is -3.81. The summed E-state index contributed by atoms with van der Waals surface area (Å²) in [5, 5.41) is 8.47. The number of aliphatic carboxylic acids is 1. The van der Waals surface area contributed by atoms with Crippen molar-refractivity contribution in [2.24, 2.45) is 0 Å². The zero-order valence-electron chi connectivity index (χ0n) is 9.49. The maximum Gasteiger partial charge on any atom is 0.303 e. The average Bonchev–Trinajstić information content (AvgIpc) is 2.31. The summed E-state index contributed by atoms with van der Waals surface area (Å²) < 4.78 is 26.6. The van der Waals surface area contributed by atoms with Crippen LogP contribution in [-0.2, 0) is 14.8 Å². The number of carboxylic acids is 1. The molecule has 0 aliphatic heterocycles. The van der Waals surface area contributed by atoms with Crippen molar-refractivity contribution < 1.29 is 18.3 Å². The quantitative estimate of drug-likeness (QED) is 0.577. The van der Waals surface area contributed by atoms with Crippen LogP contribution in [0, 0.1) is 0 Å². The third-order valence-electron chi connectivity index (χ3n) is 2.15. The summed E-state index contributed by atoms with van der Waals surface area (Å²) in [6.07, 6.45) is 0.0772. The largest absolute Gasteiger partial charge is 0.481 e. The number of benzene rings is 1. The van der Waals surface area contributed by atoms with Crippen molar-refractivity contribution in [1.82, 2.24) is 4.72 Å². The topological polar surface area (TPSA) is 83.5 Å². The highest BCUT2D eigenvalue weighted by Crippen LogP contribution is 2.34. The van der Waals surface area contributed by atoms with Crippen LogP contribution in [0.4, 0.5) is 0 Å². The van der Waals surface area contributed by atoms with Gasteiger partial charge in [-0.1, -0.05) is 23.2 Å². The first-order valence-corrected chi connectivity index (χ1v) is 8.14. The molecule has 0 radical (unpaired) electrons. The van der Waals surface area contributed by atoms with Crippen molar-refractivity contribution in [3.8, 4) is 0 Å². The molecular weight excluding hydrogens is 381 g/mol. The summed E-state index contributed by atoms with van der Waals surface area (Å²) in [4.78, 5) is 10.2. The van der Waals surface area contributed by atoms with Crippen molar-refractivity contribution in [3.63, 3.8) is 0 Å². The second kappa shape index (κ2) is 6.90. The van der Waals surface area contributed by atoms with Crippen LogP contribution in [0.2, 0.25) is 10.0 Å². The van der Waals surface area contributed by atoms with Gasteiger partial charge in [-0.2, -0.15) is 0 Å². The van der Waals surface area contributed by atoms with Gasteiger partial charge in [-0.3, -0.25) is 4.79 Å². The van der Waals surface area contributed by atoms with Crippen molar-refractivity contribution in [3.05, 3.63) is 26.7 Å². The normalized spacial score (nSPS) is 11.5. The van der Waals surface area contributed by atoms with E-state index in [9.17, 15) is 13.2 Å². The molecule has 1 rings (SSSR count). The summed E-state index contributed by atoms with van der Waals surface area (Å²) in [6.45, 7) is 0.0125. The van der Waals surface area contributed by atoms with Crippen LogP contribution < -0.4 is 4.72 Å². The van der Waals surface area contributed by atoms with Gasteiger partial charge in [0.1, 0.15) is 4.90 Å². The number of hydrogen-bond donors (Lipinski definition) is 2. The SMILES string of the molecule is O=C(O)CCCNS(=O)(=O)c1ccc(Br)c(Cl)c1Cl. The van der Waals surface area contributed by atoms with E-state index < -0.39 is 16.0 Å². The Balaban J connectivity index is 2.84. The molecule has 0 amide bonds. The molecule has 2 N–H and O–H groups in total. The molecule has 0 spiro atoms. The van der Waals surface area contributed by atoms with E-state index in [1.54, 1.807) is 0 Å². The molecule has 5 nitrogen and oxygen atoms in total. The van der Waals surface area contributed by atoms with Gasteiger partial charge in [0.15, 0.2) is 0 Å². The predicted octanol–water partition coefficient (Wildman–Crippen LogP) is 2.90. The highest BCUT2D eigenvalue weighted by atomic mass is 79.9. The minimum absolute atomic E-state index is 0.0125. The molecule has 9 heteroatoms. The Morgan fingerprint density at radius 3 is 2.53 bits per heavy atom. The maximum absolute atomic E-state index is 11.9. The first-order chi connectivity index (χ1) is 8.75. The Hall–Kier alpha value is -0.340. The van der Waals surface area contributed by atoms with Crippen molar-refractivity contribution in [1.29, 1.82) is 0 Å². The lowest BCUT2D eigenvalue weighted by Crippen LogP contribution is -2.25. The Bertz CT molecular complexity index is 591. The van der Waals surface area contributed by atoms with Gasteiger partial charge < -0.3 is 5.11 Å². The minimum Gasteiger partial charge on any atom is -0.481 e. The molecule has 1 aromatic carbocycles. The molecule has 0 heterocycles. The van der Waals surface area contributed by atoms with E-state index >= 15 is 0 Å². The Morgan fingerprint density at radius 1 is 1.32 bits per heavy atom. The van der Waals surface area contributed by atoms with Gasteiger partial charge in [0.25, 0.3) is 0 Å². The van der Waals surface area contributed by atoms with Gasteiger partial charge in [0.05, 0.1) is 10.0 Å². The number of sulfonamides is 1. The fraction of sp³-hybridized carbons (Fsp3) is 0.300. The highest BCUT2D eigenvalue weighted by molar-refractivity contribution is 9.10. The van der Waals surface area contributed by atoms with E-state index in [-0.39, 0.29) is 34.3 Å². The van der Waals surface area contributed by atoms with Gasteiger partial charge in [0, 0.05) is 17.4 Å². The van der Waals surface area contributed by atoms with Crippen LogP contribution in [0.1, 0.15) is 12.8 Å². The van der Waals surface area contributed by atoms with E-state index in [1.165, 1.54) is 12.1 Å². The number of carbonyl (C=O) groups is 1. The third kappa shape index (κ3) is 4.61. The van der Waals surface area contributed by atoms with E-state index in [4.69, 9.17) is 28.3 Å². The molecule has 0 saturated carbocycles.